The summed E-state index contributed by atoms with van der Waals surface area (Å²) in [6.45, 7) is 5.31. The van der Waals surface area contributed by atoms with Gasteiger partial charge in [-0.1, -0.05) is 0 Å². The van der Waals surface area contributed by atoms with Crippen LogP contribution in [-0.2, 0) is 4.74 Å². The van der Waals surface area contributed by atoms with Crippen molar-refractivity contribution in [1.82, 2.24) is 4.98 Å². The van der Waals surface area contributed by atoms with Gasteiger partial charge >= 0.3 is 6.09 Å². The van der Waals surface area contributed by atoms with E-state index in [1.165, 1.54) is 12.4 Å². The second-order valence-electron chi connectivity index (χ2n) is 6.23. The van der Waals surface area contributed by atoms with E-state index in [4.69, 9.17) is 9.47 Å². The fraction of sp³-hybridized carbons (Fsp3) is 0.278. The zero-order chi connectivity index (χ0) is 18.4. The summed E-state index contributed by atoms with van der Waals surface area (Å²) in [6, 6.07) is 8.25. The second-order valence-corrected chi connectivity index (χ2v) is 6.23. The van der Waals surface area contributed by atoms with Crippen LogP contribution >= 0.6 is 0 Å². The molecule has 2 rings (SSSR count). The molecule has 0 radical (unpaired) electrons. The molecule has 1 aromatic heterocycles. The van der Waals surface area contributed by atoms with E-state index >= 15 is 0 Å². The van der Waals surface area contributed by atoms with Gasteiger partial charge in [-0.05, 0) is 51.1 Å². The molecule has 2 amide bonds. The summed E-state index contributed by atoms with van der Waals surface area (Å²) < 4.78 is 10.3. The zero-order valence-electron chi connectivity index (χ0n) is 14.6. The predicted molar refractivity (Wildman–Crippen MR) is 95.0 cm³/mol. The molecule has 1 heterocycles. The van der Waals surface area contributed by atoms with Gasteiger partial charge in [0.25, 0.3) is 5.91 Å². The van der Waals surface area contributed by atoms with Crippen LogP contribution in [0.15, 0.2) is 42.7 Å². The largest absolute Gasteiger partial charge is 0.497 e. The highest BCUT2D eigenvalue weighted by atomic mass is 16.6. The number of amides is 2. The molecule has 0 fully saturated rings. The standard InChI is InChI=1S/C18H21N3O4/c1-18(2,3)25-17(23)21-14-9-10-19-11-15(14)20-16(22)12-5-7-13(24-4)8-6-12/h5-11H,1-4H3,(H,20,22)(H,19,21,23). The van der Waals surface area contributed by atoms with Crippen molar-refractivity contribution in [3.8, 4) is 5.75 Å². The van der Waals surface area contributed by atoms with Crippen molar-refractivity contribution < 1.29 is 19.1 Å². The number of hydrogen-bond acceptors (Lipinski definition) is 5. The Kier molecular flexibility index (Phi) is 5.59. The fourth-order valence-corrected chi connectivity index (χ4v) is 1.95. The quantitative estimate of drug-likeness (QED) is 0.884. The summed E-state index contributed by atoms with van der Waals surface area (Å²) in [5.74, 6) is 0.327. The Hall–Kier alpha value is -3.09. The number of aromatic nitrogens is 1. The highest BCUT2D eigenvalue weighted by Crippen LogP contribution is 2.22. The van der Waals surface area contributed by atoms with Gasteiger partial charge in [-0.2, -0.15) is 0 Å². The van der Waals surface area contributed by atoms with E-state index in [0.717, 1.165) is 0 Å². The van der Waals surface area contributed by atoms with Crippen molar-refractivity contribution in [2.24, 2.45) is 0 Å². The van der Waals surface area contributed by atoms with Gasteiger partial charge in [-0.3, -0.25) is 15.1 Å². The number of rotatable bonds is 4. The van der Waals surface area contributed by atoms with E-state index in [0.29, 0.717) is 22.7 Å². The smallest absolute Gasteiger partial charge is 0.412 e. The van der Waals surface area contributed by atoms with Gasteiger partial charge in [0.15, 0.2) is 0 Å². The minimum absolute atomic E-state index is 0.331. The summed E-state index contributed by atoms with van der Waals surface area (Å²) in [6.07, 6.45) is 2.35. The molecule has 2 aromatic rings. The maximum Gasteiger partial charge on any atom is 0.412 e. The van der Waals surface area contributed by atoms with Gasteiger partial charge in [0.05, 0.1) is 24.7 Å². The monoisotopic (exact) mass is 343 g/mol. The van der Waals surface area contributed by atoms with Crippen LogP contribution in [0.4, 0.5) is 16.2 Å². The number of hydrogen-bond donors (Lipinski definition) is 2. The molecule has 1 aromatic carbocycles. The molecule has 0 unspecified atom stereocenters. The Morgan fingerprint density at radius 1 is 1.00 bits per heavy atom. The molecule has 132 valence electrons. The molecule has 0 aliphatic heterocycles. The van der Waals surface area contributed by atoms with E-state index in [-0.39, 0.29) is 5.91 Å². The van der Waals surface area contributed by atoms with Gasteiger partial charge in [0.1, 0.15) is 11.4 Å². The molecule has 0 aliphatic carbocycles. The number of pyridine rings is 1. The van der Waals surface area contributed by atoms with E-state index in [9.17, 15) is 9.59 Å². The molecule has 0 saturated heterocycles. The van der Waals surface area contributed by atoms with Crippen LogP contribution in [0.25, 0.3) is 0 Å². The van der Waals surface area contributed by atoms with Crippen molar-refractivity contribution >= 4 is 23.4 Å². The number of anilines is 2. The number of nitrogens with one attached hydrogen (secondary N) is 2. The lowest BCUT2D eigenvalue weighted by Crippen LogP contribution is -2.27. The molecule has 2 N–H and O–H groups in total. The Balaban J connectivity index is 2.11. The topological polar surface area (TPSA) is 89.5 Å². The summed E-state index contributed by atoms with van der Waals surface area (Å²) >= 11 is 0. The lowest BCUT2D eigenvalue weighted by Gasteiger charge is -2.20. The van der Waals surface area contributed by atoms with Crippen molar-refractivity contribution in [3.05, 3.63) is 48.3 Å². The SMILES string of the molecule is COc1ccc(C(=O)Nc2cnccc2NC(=O)OC(C)(C)C)cc1. The van der Waals surface area contributed by atoms with Crippen molar-refractivity contribution in [1.29, 1.82) is 0 Å². The lowest BCUT2D eigenvalue weighted by atomic mass is 10.2. The fourth-order valence-electron chi connectivity index (χ4n) is 1.95. The van der Waals surface area contributed by atoms with Crippen LogP contribution < -0.4 is 15.4 Å². The first-order chi connectivity index (χ1) is 11.8. The van der Waals surface area contributed by atoms with Crippen LogP contribution in [0.5, 0.6) is 5.75 Å². The number of nitrogens with zero attached hydrogens (tertiary/aromatic N) is 1. The third-order valence-corrected chi connectivity index (χ3v) is 3.06. The Bertz CT molecular complexity index is 752. The van der Waals surface area contributed by atoms with E-state index in [1.807, 2.05) is 0 Å². The van der Waals surface area contributed by atoms with Gasteiger partial charge in [0.2, 0.25) is 0 Å². The van der Waals surface area contributed by atoms with Crippen molar-refractivity contribution in [2.45, 2.75) is 26.4 Å². The molecule has 7 nitrogen and oxygen atoms in total. The van der Waals surface area contributed by atoms with Crippen molar-refractivity contribution in [2.75, 3.05) is 17.7 Å². The highest BCUT2D eigenvalue weighted by molar-refractivity contribution is 6.06. The van der Waals surface area contributed by atoms with Crippen molar-refractivity contribution in [3.63, 3.8) is 0 Å². The third-order valence-electron chi connectivity index (χ3n) is 3.06. The molecule has 0 aliphatic rings. The van der Waals surface area contributed by atoms with Crippen LogP contribution in [0.2, 0.25) is 0 Å². The molecule has 0 saturated carbocycles. The number of carbonyl (C=O) groups is 2. The van der Waals surface area contributed by atoms with Gasteiger partial charge in [0, 0.05) is 11.8 Å². The molecule has 0 bridgehead atoms. The minimum Gasteiger partial charge on any atom is -0.497 e. The minimum atomic E-state index is -0.621. The van der Waals surface area contributed by atoms with E-state index in [2.05, 4.69) is 15.6 Å². The summed E-state index contributed by atoms with van der Waals surface area (Å²) in [5.41, 5.74) is 0.594. The average molecular weight is 343 g/mol. The molecule has 0 atom stereocenters. The second kappa shape index (κ2) is 7.65. The molecule has 0 spiro atoms. The first-order valence-corrected chi connectivity index (χ1v) is 7.68. The molecular formula is C18H21N3O4. The first-order valence-electron chi connectivity index (χ1n) is 7.68. The number of benzene rings is 1. The predicted octanol–water partition coefficient (Wildman–Crippen LogP) is 3.69. The highest BCUT2D eigenvalue weighted by Gasteiger charge is 2.18. The van der Waals surface area contributed by atoms with Gasteiger partial charge in [-0.25, -0.2) is 4.79 Å². The number of carbonyl (C=O) groups excluding carboxylic acids is 2. The maximum atomic E-state index is 12.4. The third kappa shape index (κ3) is 5.49. The Labute approximate surface area is 146 Å². The Morgan fingerprint density at radius 3 is 2.28 bits per heavy atom. The first kappa shape index (κ1) is 18.3. The summed E-state index contributed by atoms with van der Waals surface area (Å²) in [4.78, 5) is 28.3. The lowest BCUT2D eigenvalue weighted by molar-refractivity contribution is 0.0635. The Morgan fingerprint density at radius 2 is 1.68 bits per heavy atom. The van der Waals surface area contributed by atoms with Crippen LogP contribution in [0.1, 0.15) is 31.1 Å². The maximum absolute atomic E-state index is 12.4. The van der Waals surface area contributed by atoms with E-state index in [1.54, 1.807) is 58.2 Å². The molecule has 7 heteroatoms. The van der Waals surface area contributed by atoms with Crippen LogP contribution in [-0.4, -0.2) is 29.7 Å². The zero-order valence-corrected chi connectivity index (χ0v) is 14.6. The van der Waals surface area contributed by atoms with Gasteiger partial charge in [-0.15, -0.1) is 0 Å². The molecular weight excluding hydrogens is 322 g/mol. The van der Waals surface area contributed by atoms with Gasteiger partial charge < -0.3 is 14.8 Å². The number of ether oxygens (including phenoxy) is 2. The van der Waals surface area contributed by atoms with Crippen LogP contribution in [0.3, 0.4) is 0 Å². The van der Waals surface area contributed by atoms with Crippen LogP contribution in [0, 0.1) is 0 Å². The summed E-state index contributed by atoms with van der Waals surface area (Å²) in [5, 5.41) is 5.33. The van der Waals surface area contributed by atoms with E-state index < -0.39 is 11.7 Å². The molecule has 25 heavy (non-hydrogen) atoms. The number of methoxy groups -OCH3 is 1. The summed E-state index contributed by atoms with van der Waals surface area (Å²) in [7, 11) is 1.55. The average Bonchev–Trinajstić information content (AvgIpc) is 2.55. The normalized spacial score (nSPS) is 10.7.